The van der Waals surface area contributed by atoms with Crippen LogP contribution >= 0.6 is 0 Å². The first kappa shape index (κ1) is 11.0. The molecule has 0 N–H and O–H groups in total. The van der Waals surface area contributed by atoms with Crippen LogP contribution in [-0.2, 0) is 0 Å². The van der Waals surface area contributed by atoms with Gasteiger partial charge >= 0.3 is 0 Å². The van der Waals surface area contributed by atoms with Gasteiger partial charge in [-0.1, -0.05) is 19.4 Å². The van der Waals surface area contributed by atoms with Crippen molar-refractivity contribution < 1.29 is 0 Å². The van der Waals surface area contributed by atoms with Gasteiger partial charge in [0.1, 0.15) is 6.34 Å². The molecule has 0 aromatic carbocycles. The minimum atomic E-state index is 0.443. The molecule has 0 saturated carbocycles. The van der Waals surface area contributed by atoms with Gasteiger partial charge in [0, 0.05) is 12.7 Å². The van der Waals surface area contributed by atoms with E-state index in [4.69, 9.17) is 0 Å². The van der Waals surface area contributed by atoms with Crippen molar-refractivity contribution in [2.75, 3.05) is 7.05 Å². The lowest BCUT2D eigenvalue weighted by Crippen LogP contribution is -1.93. The number of nitrogens with zero attached hydrogens (tertiary/aromatic N) is 3. The zero-order valence-corrected chi connectivity index (χ0v) is 8.50. The number of azo groups is 1. The third-order valence-electron chi connectivity index (χ3n) is 1.42. The van der Waals surface area contributed by atoms with E-state index in [0.29, 0.717) is 5.92 Å². The third-order valence-corrected chi connectivity index (χ3v) is 1.42. The van der Waals surface area contributed by atoms with Gasteiger partial charge in [-0.25, -0.2) is 4.99 Å². The minimum Gasteiger partial charge on any atom is -0.239 e. The van der Waals surface area contributed by atoms with Crippen LogP contribution in [0.1, 0.15) is 27.7 Å². The molecule has 0 aliphatic heterocycles. The Hall–Kier alpha value is -0.990. The summed E-state index contributed by atoms with van der Waals surface area (Å²) in [6, 6.07) is 0. The standard InChI is InChI=1S/C9H17N3/c1-7(2)9(8(3)4)11-6-12-10-5/h6-7H,1-5H3. The lowest BCUT2D eigenvalue weighted by atomic mass is 10.1. The van der Waals surface area contributed by atoms with Gasteiger partial charge < -0.3 is 0 Å². The molecule has 68 valence electrons. The molecule has 12 heavy (non-hydrogen) atoms. The zero-order chi connectivity index (χ0) is 9.56. The molecule has 0 aromatic heterocycles. The van der Waals surface area contributed by atoms with E-state index in [-0.39, 0.29) is 0 Å². The summed E-state index contributed by atoms with van der Waals surface area (Å²) in [7, 11) is 1.63. The smallest absolute Gasteiger partial charge is 0.137 e. The van der Waals surface area contributed by atoms with Crippen LogP contribution in [0.5, 0.6) is 0 Å². The van der Waals surface area contributed by atoms with Gasteiger partial charge in [0.15, 0.2) is 0 Å². The van der Waals surface area contributed by atoms with Gasteiger partial charge in [-0.05, 0) is 19.8 Å². The van der Waals surface area contributed by atoms with Crippen molar-refractivity contribution in [3.63, 3.8) is 0 Å². The molecule has 0 rings (SSSR count). The van der Waals surface area contributed by atoms with Gasteiger partial charge in [-0.3, -0.25) is 0 Å². The van der Waals surface area contributed by atoms with Crippen molar-refractivity contribution in [2.24, 2.45) is 21.1 Å². The monoisotopic (exact) mass is 167 g/mol. The van der Waals surface area contributed by atoms with E-state index in [2.05, 4.69) is 42.9 Å². The van der Waals surface area contributed by atoms with Crippen LogP contribution in [0, 0.1) is 5.92 Å². The second-order valence-corrected chi connectivity index (χ2v) is 3.10. The lowest BCUT2D eigenvalue weighted by molar-refractivity contribution is 0.745. The van der Waals surface area contributed by atoms with E-state index in [1.54, 1.807) is 7.05 Å². The van der Waals surface area contributed by atoms with E-state index in [1.807, 2.05) is 0 Å². The van der Waals surface area contributed by atoms with Gasteiger partial charge in [0.2, 0.25) is 0 Å². The number of hydrogen-bond acceptors (Lipinski definition) is 2. The summed E-state index contributed by atoms with van der Waals surface area (Å²) < 4.78 is 0. The average Bonchev–Trinajstić information content (AvgIpc) is 1.96. The first-order chi connectivity index (χ1) is 5.59. The number of hydrogen-bond donors (Lipinski definition) is 0. The molecular weight excluding hydrogens is 150 g/mol. The molecule has 0 atom stereocenters. The largest absolute Gasteiger partial charge is 0.239 e. The summed E-state index contributed by atoms with van der Waals surface area (Å²) in [5, 5.41) is 7.25. The average molecular weight is 167 g/mol. The fourth-order valence-corrected chi connectivity index (χ4v) is 0.995. The molecule has 0 bridgehead atoms. The Bertz CT molecular complexity index is 208. The highest BCUT2D eigenvalue weighted by Gasteiger charge is 2.01. The first-order valence-electron chi connectivity index (χ1n) is 4.08. The molecule has 0 saturated heterocycles. The molecule has 0 unspecified atom stereocenters. The topological polar surface area (TPSA) is 37.1 Å². The highest BCUT2D eigenvalue weighted by molar-refractivity contribution is 5.56. The Kier molecular flexibility index (Phi) is 5.17. The SMILES string of the molecule is CN=NC=NC(=C(C)C)C(C)C. The zero-order valence-electron chi connectivity index (χ0n) is 8.50. The van der Waals surface area contributed by atoms with Crippen molar-refractivity contribution in [1.82, 2.24) is 0 Å². The van der Waals surface area contributed by atoms with E-state index in [1.165, 1.54) is 11.9 Å². The summed E-state index contributed by atoms with van der Waals surface area (Å²) in [6.45, 7) is 8.33. The van der Waals surface area contributed by atoms with Crippen molar-refractivity contribution in [3.8, 4) is 0 Å². The maximum atomic E-state index is 4.21. The fraction of sp³-hybridized carbons (Fsp3) is 0.667. The molecule has 0 aromatic rings. The Balaban J connectivity index is 4.47. The number of aliphatic imine (C=N–C) groups is 1. The summed E-state index contributed by atoms with van der Waals surface area (Å²) in [6.07, 6.45) is 1.49. The molecule has 0 heterocycles. The molecule has 0 amide bonds. The molecule has 0 spiro atoms. The van der Waals surface area contributed by atoms with Crippen LogP contribution in [-0.4, -0.2) is 13.4 Å². The quantitative estimate of drug-likeness (QED) is 0.352. The predicted octanol–water partition coefficient (Wildman–Crippen LogP) is 3.05. The summed E-state index contributed by atoms with van der Waals surface area (Å²) in [5.74, 6) is 0.443. The maximum Gasteiger partial charge on any atom is 0.137 e. The van der Waals surface area contributed by atoms with E-state index < -0.39 is 0 Å². The second-order valence-electron chi connectivity index (χ2n) is 3.10. The highest BCUT2D eigenvalue weighted by atomic mass is 15.1. The van der Waals surface area contributed by atoms with Gasteiger partial charge in [0.25, 0.3) is 0 Å². The Morgan fingerprint density at radius 1 is 1.25 bits per heavy atom. The Morgan fingerprint density at radius 2 is 1.83 bits per heavy atom. The first-order valence-corrected chi connectivity index (χ1v) is 4.08. The maximum absolute atomic E-state index is 4.21. The molecule has 0 fully saturated rings. The van der Waals surface area contributed by atoms with Crippen LogP contribution in [0.15, 0.2) is 26.5 Å². The molecule has 3 heteroatoms. The summed E-state index contributed by atoms with van der Waals surface area (Å²) in [5.41, 5.74) is 2.31. The van der Waals surface area contributed by atoms with Gasteiger partial charge in [-0.2, -0.15) is 5.11 Å². The van der Waals surface area contributed by atoms with Gasteiger partial charge in [0.05, 0.1) is 0 Å². The third kappa shape index (κ3) is 4.01. The normalized spacial score (nSPS) is 11.8. The van der Waals surface area contributed by atoms with E-state index >= 15 is 0 Å². The van der Waals surface area contributed by atoms with Crippen LogP contribution < -0.4 is 0 Å². The van der Waals surface area contributed by atoms with Crippen LogP contribution in [0.2, 0.25) is 0 Å². The molecule has 0 aliphatic carbocycles. The second kappa shape index (κ2) is 5.63. The summed E-state index contributed by atoms with van der Waals surface area (Å²) >= 11 is 0. The number of allylic oxidation sites excluding steroid dienone is 2. The lowest BCUT2D eigenvalue weighted by Gasteiger charge is -2.06. The van der Waals surface area contributed by atoms with Crippen LogP contribution in [0.3, 0.4) is 0 Å². The molecule has 0 radical (unpaired) electrons. The van der Waals surface area contributed by atoms with E-state index in [0.717, 1.165) is 5.70 Å². The van der Waals surface area contributed by atoms with Crippen molar-refractivity contribution in [2.45, 2.75) is 27.7 Å². The summed E-state index contributed by atoms with van der Waals surface area (Å²) in [4.78, 5) is 4.21. The Morgan fingerprint density at radius 3 is 2.17 bits per heavy atom. The van der Waals surface area contributed by atoms with Crippen molar-refractivity contribution >= 4 is 6.34 Å². The Labute approximate surface area is 74.3 Å². The fourth-order valence-electron chi connectivity index (χ4n) is 0.995. The molecule has 0 aliphatic rings. The molecular formula is C9H17N3. The highest BCUT2D eigenvalue weighted by Crippen LogP contribution is 2.14. The number of rotatable bonds is 3. The minimum absolute atomic E-state index is 0.443. The van der Waals surface area contributed by atoms with Crippen LogP contribution in [0.4, 0.5) is 0 Å². The molecule has 3 nitrogen and oxygen atoms in total. The van der Waals surface area contributed by atoms with E-state index in [9.17, 15) is 0 Å². The van der Waals surface area contributed by atoms with Gasteiger partial charge in [-0.15, -0.1) is 5.11 Å². The van der Waals surface area contributed by atoms with Crippen LogP contribution in [0.25, 0.3) is 0 Å². The predicted molar refractivity (Wildman–Crippen MR) is 52.5 cm³/mol. The van der Waals surface area contributed by atoms with Crippen molar-refractivity contribution in [1.29, 1.82) is 0 Å². The van der Waals surface area contributed by atoms with Crippen molar-refractivity contribution in [3.05, 3.63) is 11.3 Å².